The molecule has 1 aromatic carbocycles. The van der Waals surface area contributed by atoms with E-state index in [0.29, 0.717) is 11.8 Å². The van der Waals surface area contributed by atoms with Gasteiger partial charge in [-0.25, -0.2) is 18.7 Å². The molecule has 0 aliphatic carbocycles. The largest absolute Gasteiger partial charge is 0.322 e. The molecule has 0 spiro atoms. The number of hydrogen-bond donors (Lipinski definition) is 2. The summed E-state index contributed by atoms with van der Waals surface area (Å²) in [5.41, 5.74) is 0.499. The summed E-state index contributed by atoms with van der Waals surface area (Å²) in [5.74, 6) is -2.17. The van der Waals surface area contributed by atoms with Crippen LogP contribution in [0.2, 0.25) is 10.0 Å². The predicted molar refractivity (Wildman–Crippen MR) is 96.1 cm³/mol. The molecule has 0 aliphatic rings. The molecule has 0 atom stereocenters. The van der Waals surface area contributed by atoms with Crippen molar-refractivity contribution in [2.24, 2.45) is 0 Å². The number of nitrogens with zero attached hydrogens (tertiary/aromatic N) is 2. The van der Waals surface area contributed by atoms with E-state index in [1.807, 2.05) is 0 Å². The Morgan fingerprint density at radius 3 is 2.46 bits per heavy atom. The first-order chi connectivity index (χ1) is 12.4. The van der Waals surface area contributed by atoms with Crippen molar-refractivity contribution in [2.75, 3.05) is 10.6 Å². The number of hydrogen-bond acceptors (Lipinski definition) is 4. The average molecular weight is 395 g/mol. The van der Waals surface area contributed by atoms with Gasteiger partial charge in [-0.1, -0.05) is 29.3 Å². The zero-order valence-electron chi connectivity index (χ0n) is 12.9. The maximum Gasteiger partial charge on any atom is 0.258 e. The van der Waals surface area contributed by atoms with Gasteiger partial charge in [0, 0.05) is 24.0 Å². The molecular formula is C17H10Cl2F2N4O. The highest BCUT2D eigenvalue weighted by Gasteiger charge is 2.15. The summed E-state index contributed by atoms with van der Waals surface area (Å²) in [6.07, 6.45) is 2.27. The van der Waals surface area contributed by atoms with Crippen LogP contribution < -0.4 is 10.6 Å². The molecule has 3 rings (SSSR count). The Hall–Kier alpha value is -2.77. The average Bonchev–Trinajstić information content (AvgIpc) is 2.57. The number of anilines is 3. The van der Waals surface area contributed by atoms with Gasteiger partial charge in [-0.3, -0.25) is 4.79 Å². The van der Waals surface area contributed by atoms with Crippen LogP contribution in [0.1, 0.15) is 10.4 Å². The smallest absolute Gasteiger partial charge is 0.258 e. The lowest BCUT2D eigenvalue weighted by Gasteiger charge is -2.10. The van der Waals surface area contributed by atoms with E-state index in [-0.39, 0.29) is 27.2 Å². The minimum Gasteiger partial charge on any atom is -0.322 e. The van der Waals surface area contributed by atoms with Crippen molar-refractivity contribution in [2.45, 2.75) is 0 Å². The van der Waals surface area contributed by atoms with Crippen LogP contribution in [0.5, 0.6) is 0 Å². The highest BCUT2D eigenvalue weighted by molar-refractivity contribution is 6.40. The monoisotopic (exact) mass is 394 g/mol. The molecule has 2 heterocycles. The molecule has 0 bridgehead atoms. The summed E-state index contributed by atoms with van der Waals surface area (Å²) in [6.45, 7) is 0. The Kier molecular flexibility index (Phi) is 5.29. The quantitative estimate of drug-likeness (QED) is 0.648. The van der Waals surface area contributed by atoms with Gasteiger partial charge in [-0.05, 0) is 18.2 Å². The maximum absolute atomic E-state index is 13.7. The molecule has 3 aromatic rings. The fraction of sp³-hybridized carbons (Fsp3) is 0. The van der Waals surface area contributed by atoms with Crippen molar-refractivity contribution in [1.29, 1.82) is 0 Å². The van der Waals surface area contributed by atoms with Crippen molar-refractivity contribution in [3.05, 3.63) is 76.0 Å². The fourth-order valence-electron chi connectivity index (χ4n) is 2.11. The van der Waals surface area contributed by atoms with E-state index in [9.17, 15) is 13.6 Å². The van der Waals surface area contributed by atoms with E-state index in [4.69, 9.17) is 23.2 Å². The van der Waals surface area contributed by atoms with E-state index >= 15 is 0 Å². The van der Waals surface area contributed by atoms with Crippen molar-refractivity contribution >= 4 is 46.4 Å². The number of benzene rings is 1. The number of pyridine rings is 2. The van der Waals surface area contributed by atoms with Crippen LogP contribution in [-0.2, 0) is 0 Å². The van der Waals surface area contributed by atoms with Gasteiger partial charge in [-0.2, -0.15) is 0 Å². The van der Waals surface area contributed by atoms with Crippen molar-refractivity contribution in [3.8, 4) is 0 Å². The van der Waals surface area contributed by atoms with Crippen LogP contribution in [0.4, 0.5) is 26.1 Å². The van der Waals surface area contributed by atoms with E-state index in [2.05, 4.69) is 20.6 Å². The molecule has 0 unspecified atom stereocenters. The first kappa shape index (κ1) is 18.0. The number of carbonyl (C=O) groups excluding carboxylic acids is 1. The van der Waals surface area contributed by atoms with Crippen LogP contribution in [-0.4, -0.2) is 15.9 Å². The van der Waals surface area contributed by atoms with Gasteiger partial charge in [-0.15, -0.1) is 0 Å². The van der Waals surface area contributed by atoms with Gasteiger partial charge < -0.3 is 10.6 Å². The van der Waals surface area contributed by atoms with E-state index in [1.54, 1.807) is 18.2 Å². The van der Waals surface area contributed by atoms with Crippen LogP contribution in [0.3, 0.4) is 0 Å². The van der Waals surface area contributed by atoms with Crippen molar-refractivity contribution < 1.29 is 13.6 Å². The molecule has 2 N–H and O–H groups in total. The maximum atomic E-state index is 13.7. The van der Waals surface area contributed by atoms with Crippen molar-refractivity contribution in [3.63, 3.8) is 0 Å². The number of amides is 1. The summed E-state index contributed by atoms with van der Waals surface area (Å²) in [6, 6.07) is 8.39. The normalized spacial score (nSPS) is 10.5. The number of aromatic nitrogens is 2. The summed E-state index contributed by atoms with van der Waals surface area (Å²) in [4.78, 5) is 20.0. The molecular weight excluding hydrogens is 385 g/mol. The molecule has 132 valence electrons. The SMILES string of the molecule is O=C(Nc1ccnc(Nc2ncc(F)cc2F)c1)c1c(Cl)cccc1Cl. The van der Waals surface area contributed by atoms with E-state index < -0.39 is 17.5 Å². The summed E-state index contributed by atoms with van der Waals surface area (Å²) >= 11 is 12.0. The van der Waals surface area contributed by atoms with Gasteiger partial charge in [0.2, 0.25) is 0 Å². The lowest BCUT2D eigenvalue weighted by molar-refractivity contribution is 0.102. The fourth-order valence-corrected chi connectivity index (χ4v) is 2.68. The molecule has 26 heavy (non-hydrogen) atoms. The number of halogens is 4. The highest BCUT2D eigenvalue weighted by Crippen LogP contribution is 2.26. The number of nitrogens with one attached hydrogen (secondary N) is 2. The molecule has 0 fully saturated rings. The third kappa shape index (κ3) is 4.07. The van der Waals surface area contributed by atoms with Crippen LogP contribution in [0.15, 0.2) is 48.8 Å². The highest BCUT2D eigenvalue weighted by atomic mass is 35.5. The molecule has 0 saturated carbocycles. The molecule has 2 aromatic heterocycles. The Morgan fingerprint density at radius 1 is 1.04 bits per heavy atom. The minimum atomic E-state index is -0.871. The van der Waals surface area contributed by atoms with Gasteiger partial charge >= 0.3 is 0 Å². The topological polar surface area (TPSA) is 66.9 Å². The minimum absolute atomic E-state index is 0.133. The van der Waals surface area contributed by atoms with Crippen molar-refractivity contribution in [1.82, 2.24) is 9.97 Å². The Bertz CT molecular complexity index is 964. The third-order valence-electron chi connectivity index (χ3n) is 3.26. The van der Waals surface area contributed by atoms with E-state index in [1.165, 1.54) is 18.3 Å². The van der Waals surface area contributed by atoms with Crippen LogP contribution >= 0.6 is 23.2 Å². The first-order valence-corrected chi connectivity index (χ1v) is 7.99. The van der Waals surface area contributed by atoms with Crippen LogP contribution in [0.25, 0.3) is 0 Å². The lowest BCUT2D eigenvalue weighted by atomic mass is 10.2. The van der Waals surface area contributed by atoms with Gasteiger partial charge in [0.05, 0.1) is 21.8 Å². The molecule has 9 heteroatoms. The molecule has 1 amide bonds. The third-order valence-corrected chi connectivity index (χ3v) is 3.89. The summed E-state index contributed by atoms with van der Waals surface area (Å²) in [5, 5.41) is 5.65. The predicted octanol–water partition coefficient (Wildman–Crippen LogP) is 5.06. The molecule has 0 radical (unpaired) electrons. The molecule has 0 saturated heterocycles. The standard InChI is InChI=1S/C17H10Cl2F2N4O/c18-11-2-1-3-12(19)15(11)17(26)24-10-4-5-22-14(7-10)25-16-13(21)6-9(20)8-23-16/h1-8H,(H2,22,23,24,25,26). The second-order valence-corrected chi connectivity index (χ2v) is 5.90. The summed E-state index contributed by atoms with van der Waals surface area (Å²) in [7, 11) is 0. The zero-order valence-corrected chi connectivity index (χ0v) is 14.4. The van der Waals surface area contributed by atoms with Crippen LogP contribution in [0, 0.1) is 11.6 Å². The van der Waals surface area contributed by atoms with Gasteiger partial charge in [0.15, 0.2) is 11.6 Å². The zero-order chi connectivity index (χ0) is 18.7. The van der Waals surface area contributed by atoms with Gasteiger partial charge in [0.1, 0.15) is 11.6 Å². The summed E-state index contributed by atoms with van der Waals surface area (Å²) < 4.78 is 26.6. The number of carbonyl (C=O) groups is 1. The Morgan fingerprint density at radius 2 is 1.77 bits per heavy atom. The molecule has 0 aliphatic heterocycles. The second kappa shape index (κ2) is 7.63. The van der Waals surface area contributed by atoms with E-state index in [0.717, 1.165) is 6.20 Å². The Labute approximate surface area is 157 Å². The lowest BCUT2D eigenvalue weighted by Crippen LogP contribution is -2.13. The first-order valence-electron chi connectivity index (χ1n) is 7.23. The van der Waals surface area contributed by atoms with Gasteiger partial charge in [0.25, 0.3) is 5.91 Å². The number of rotatable bonds is 4. The molecule has 5 nitrogen and oxygen atoms in total. The Balaban J connectivity index is 1.80. The second-order valence-electron chi connectivity index (χ2n) is 5.09.